The largest absolute Gasteiger partial charge is 0.497 e. The Labute approximate surface area is 198 Å². The van der Waals surface area contributed by atoms with Crippen LogP contribution in [0.4, 0.5) is 0 Å². The molecule has 3 aromatic rings. The summed E-state index contributed by atoms with van der Waals surface area (Å²) in [5.74, 6) is -2.36. The zero-order valence-electron chi connectivity index (χ0n) is 19.5. The molecule has 34 heavy (non-hydrogen) atoms. The summed E-state index contributed by atoms with van der Waals surface area (Å²) in [5.41, 5.74) is -0.369. The standard InChI is InChI=1S/C28H26O6/c1-16-14-17(2)23-21(15-16)34-28(19-10-12-20(32-3)13-11-19)24(18-8-6-5-7-9-18)22(26(30)33-4)25(29)27(23,28)31/h5-15,22,24,31H,1-4H3/t22?,24?,27-,28-/m0/s1. The van der Waals surface area contributed by atoms with Gasteiger partial charge in [-0.1, -0.05) is 48.5 Å². The SMILES string of the molecule is COC(=O)C1C(=O)[C@@]2(O)c3c(C)cc(C)cc3O[C@@]2(c2ccc(OC)cc2)C1c1ccccc1. The van der Waals surface area contributed by atoms with Gasteiger partial charge in [-0.25, -0.2) is 0 Å². The Morgan fingerprint density at radius 3 is 2.29 bits per heavy atom. The third-order valence-electron chi connectivity index (χ3n) is 7.16. The van der Waals surface area contributed by atoms with Crippen LogP contribution in [-0.4, -0.2) is 31.1 Å². The van der Waals surface area contributed by atoms with Gasteiger partial charge < -0.3 is 19.3 Å². The molecular weight excluding hydrogens is 432 g/mol. The second-order valence-corrected chi connectivity index (χ2v) is 8.99. The molecule has 1 N–H and O–H groups in total. The number of Topliss-reactive ketones (excluding diaryl/α,β-unsaturated/α-hetero) is 1. The highest BCUT2D eigenvalue weighted by Gasteiger charge is 2.78. The van der Waals surface area contributed by atoms with Crippen molar-refractivity contribution in [2.45, 2.75) is 31.0 Å². The monoisotopic (exact) mass is 458 g/mol. The zero-order valence-corrected chi connectivity index (χ0v) is 19.5. The summed E-state index contributed by atoms with van der Waals surface area (Å²) >= 11 is 0. The van der Waals surface area contributed by atoms with E-state index in [2.05, 4.69) is 0 Å². The summed E-state index contributed by atoms with van der Waals surface area (Å²) < 4.78 is 17.1. The Morgan fingerprint density at radius 1 is 1.00 bits per heavy atom. The molecule has 6 heteroatoms. The van der Waals surface area contributed by atoms with Crippen molar-refractivity contribution in [3.05, 3.63) is 94.5 Å². The summed E-state index contributed by atoms with van der Waals surface area (Å²) in [7, 11) is 2.82. The van der Waals surface area contributed by atoms with Crippen molar-refractivity contribution < 1.29 is 28.9 Å². The first-order chi connectivity index (χ1) is 16.3. The number of hydrogen-bond donors (Lipinski definition) is 1. The van der Waals surface area contributed by atoms with Crippen LogP contribution >= 0.6 is 0 Å². The van der Waals surface area contributed by atoms with Crippen molar-refractivity contribution >= 4 is 11.8 Å². The maximum Gasteiger partial charge on any atom is 0.317 e. The molecule has 1 aliphatic heterocycles. The van der Waals surface area contributed by atoms with Crippen LogP contribution in [-0.2, 0) is 25.5 Å². The van der Waals surface area contributed by atoms with Gasteiger partial charge in [-0.15, -0.1) is 0 Å². The van der Waals surface area contributed by atoms with Crippen molar-refractivity contribution in [1.29, 1.82) is 0 Å². The number of esters is 1. The molecular formula is C28H26O6. The quantitative estimate of drug-likeness (QED) is 0.471. The molecule has 1 heterocycles. The van der Waals surface area contributed by atoms with Gasteiger partial charge in [-0.05, 0) is 48.7 Å². The van der Waals surface area contributed by atoms with E-state index in [4.69, 9.17) is 14.2 Å². The number of carbonyl (C=O) groups excluding carboxylic acids is 2. The minimum Gasteiger partial charge on any atom is -0.497 e. The van der Waals surface area contributed by atoms with Gasteiger partial charge in [0.1, 0.15) is 17.4 Å². The Balaban J connectivity index is 1.89. The fraction of sp³-hybridized carbons (Fsp3) is 0.286. The lowest BCUT2D eigenvalue weighted by atomic mass is 9.70. The molecule has 0 radical (unpaired) electrons. The first kappa shape index (κ1) is 22.2. The molecule has 5 rings (SSSR count). The summed E-state index contributed by atoms with van der Waals surface area (Å²) in [6, 6.07) is 20.0. The van der Waals surface area contributed by atoms with E-state index in [0.29, 0.717) is 28.2 Å². The first-order valence-electron chi connectivity index (χ1n) is 11.1. The summed E-state index contributed by atoms with van der Waals surface area (Å²) in [6.45, 7) is 3.77. The number of benzene rings is 3. The number of ketones is 1. The van der Waals surface area contributed by atoms with Crippen molar-refractivity contribution in [1.82, 2.24) is 0 Å². The average molecular weight is 459 g/mol. The van der Waals surface area contributed by atoms with E-state index in [-0.39, 0.29) is 0 Å². The molecule has 1 saturated carbocycles. The molecule has 1 aliphatic carbocycles. The molecule has 0 amide bonds. The highest BCUT2D eigenvalue weighted by atomic mass is 16.5. The van der Waals surface area contributed by atoms with Gasteiger partial charge in [0, 0.05) is 11.1 Å². The Bertz CT molecular complexity index is 1280. The summed E-state index contributed by atoms with van der Waals surface area (Å²) in [5, 5.41) is 12.5. The predicted molar refractivity (Wildman–Crippen MR) is 125 cm³/mol. The van der Waals surface area contributed by atoms with Gasteiger partial charge in [-0.3, -0.25) is 9.59 Å². The van der Waals surface area contributed by atoms with E-state index >= 15 is 0 Å². The lowest BCUT2D eigenvalue weighted by Crippen LogP contribution is -2.50. The second kappa shape index (κ2) is 7.71. The average Bonchev–Trinajstić information content (AvgIpc) is 3.22. The molecule has 0 saturated heterocycles. The Morgan fingerprint density at radius 2 is 1.68 bits per heavy atom. The normalized spacial score (nSPS) is 27.0. The van der Waals surface area contributed by atoms with Gasteiger partial charge in [-0.2, -0.15) is 0 Å². The molecule has 0 aromatic heterocycles. The number of rotatable bonds is 4. The fourth-order valence-electron chi connectivity index (χ4n) is 5.86. The van der Waals surface area contributed by atoms with Crippen LogP contribution in [0.5, 0.6) is 11.5 Å². The predicted octanol–water partition coefficient (Wildman–Crippen LogP) is 3.94. The van der Waals surface area contributed by atoms with Crippen LogP contribution in [0.3, 0.4) is 0 Å². The molecule has 3 aromatic carbocycles. The molecule has 174 valence electrons. The van der Waals surface area contributed by atoms with Gasteiger partial charge in [0.15, 0.2) is 17.0 Å². The number of carbonyl (C=O) groups is 2. The maximum atomic E-state index is 14.1. The second-order valence-electron chi connectivity index (χ2n) is 8.99. The van der Waals surface area contributed by atoms with Crippen molar-refractivity contribution in [2.75, 3.05) is 14.2 Å². The Kier molecular flexibility index (Phi) is 5.02. The molecule has 2 unspecified atom stereocenters. The summed E-state index contributed by atoms with van der Waals surface area (Å²) in [6.07, 6.45) is 0. The van der Waals surface area contributed by atoms with Crippen molar-refractivity contribution in [2.24, 2.45) is 5.92 Å². The van der Waals surface area contributed by atoms with Crippen LogP contribution < -0.4 is 9.47 Å². The van der Waals surface area contributed by atoms with E-state index in [1.807, 2.05) is 56.3 Å². The van der Waals surface area contributed by atoms with E-state index < -0.39 is 34.8 Å². The maximum absolute atomic E-state index is 14.1. The fourth-order valence-corrected chi connectivity index (χ4v) is 5.86. The van der Waals surface area contributed by atoms with E-state index in [1.54, 1.807) is 31.4 Å². The van der Waals surface area contributed by atoms with Crippen LogP contribution in [0.1, 0.15) is 33.7 Å². The number of aliphatic hydroxyl groups is 1. The number of aryl methyl sites for hydroxylation is 2. The van der Waals surface area contributed by atoms with Gasteiger partial charge in [0.25, 0.3) is 0 Å². The van der Waals surface area contributed by atoms with Crippen LogP contribution in [0.15, 0.2) is 66.7 Å². The van der Waals surface area contributed by atoms with Gasteiger partial charge >= 0.3 is 5.97 Å². The molecule has 0 spiro atoms. The van der Waals surface area contributed by atoms with Gasteiger partial charge in [0.2, 0.25) is 0 Å². The van der Waals surface area contributed by atoms with Crippen LogP contribution in [0.25, 0.3) is 0 Å². The third-order valence-corrected chi connectivity index (χ3v) is 7.16. The van der Waals surface area contributed by atoms with Gasteiger partial charge in [0.05, 0.1) is 20.1 Å². The third kappa shape index (κ3) is 2.72. The zero-order chi connectivity index (χ0) is 24.3. The molecule has 4 atom stereocenters. The minimum absolute atomic E-state index is 0.395. The lowest BCUT2D eigenvalue weighted by molar-refractivity contribution is -0.155. The molecule has 6 nitrogen and oxygen atoms in total. The molecule has 0 bridgehead atoms. The smallest absolute Gasteiger partial charge is 0.317 e. The van der Waals surface area contributed by atoms with Crippen LogP contribution in [0, 0.1) is 19.8 Å². The Hall–Kier alpha value is -3.64. The molecule has 2 aliphatic rings. The number of fused-ring (bicyclic) bond motifs is 3. The van der Waals surface area contributed by atoms with Crippen LogP contribution in [0.2, 0.25) is 0 Å². The number of hydrogen-bond acceptors (Lipinski definition) is 6. The number of methoxy groups -OCH3 is 2. The lowest BCUT2D eigenvalue weighted by Gasteiger charge is -2.39. The van der Waals surface area contributed by atoms with E-state index in [1.165, 1.54) is 7.11 Å². The minimum atomic E-state index is -2.10. The van der Waals surface area contributed by atoms with Crippen molar-refractivity contribution in [3.63, 3.8) is 0 Å². The molecule has 1 fully saturated rings. The summed E-state index contributed by atoms with van der Waals surface area (Å²) in [4.78, 5) is 27.2. The first-order valence-corrected chi connectivity index (χ1v) is 11.1. The highest BCUT2D eigenvalue weighted by Crippen LogP contribution is 2.67. The highest BCUT2D eigenvalue weighted by molar-refractivity contribution is 6.09. The topological polar surface area (TPSA) is 82.1 Å². The van der Waals surface area contributed by atoms with E-state index in [0.717, 1.165) is 11.1 Å². The van der Waals surface area contributed by atoms with Crippen molar-refractivity contribution in [3.8, 4) is 11.5 Å². The van der Waals surface area contributed by atoms with E-state index in [9.17, 15) is 14.7 Å². The number of ether oxygens (including phenoxy) is 3.